The summed E-state index contributed by atoms with van der Waals surface area (Å²) in [5, 5.41) is 0. The monoisotopic (exact) mass is 1310 g/mol. The third-order valence-electron chi connectivity index (χ3n) is 18.2. The number of esters is 5. The molecule has 0 aromatic heterocycles. The highest BCUT2D eigenvalue weighted by atomic mass is 33.1. The standard InChI is InChI=1S/C78H126N2O10S2/c1-4-7-10-13-16-17-18-19-20-21-22-23-24-28-33-39-75(82)89-72-45-41-69(42-46-72)65-77(84)86-61-53-67-49-55-79(56-50-67)59-63-91-92-64-60-80-57-51-68(52-58-80)54-62-87-78(85)66-70-43-47-73(48-44-70)90-76(83)40-35-30-25-29-34-38-74(81)88-71(36-31-26-14-11-8-5-2)37-32-27-15-12-9-6-3/h16-17,19-20,41-48,67-68,71H,4-15,18,21-40,49-66H2,1-3H3/b17-16-,20-19-. The Labute approximate surface area is 567 Å². The van der Waals surface area contributed by atoms with Gasteiger partial charge in [0.05, 0.1) is 26.1 Å². The molecule has 0 atom stereocenters. The molecule has 0 bridgehead atoms. The van der Waals surface area contributed by atoms with Crippen LogP contribution in [0.4, 0.5) is 0 Å². The molecule has 92 heavy (non-hydrogen) atoms. The average molecular weight is 1320 g/mol. The quantitative estimate of drug-likeness (QED) is 0.0155. The Balaban J connectivity index is 0.903. The lowest BCUT2D eigenvalue weighted by Crippen LogP contribution is -2.36. The molecule has 0 saturated carbocycles. The van der Waals surface area contributed by atoms with E-state index in [4.69, 9.17) is 23.7 Å². The molecule has 2 heterocycles. The second-order valence-corrected chi connectivity index (χ2v) is 29.0. The van der Waals surface area contributed by atoms with Crippen molar-refractivity contribution in [1.29, 1.82) is 0 Å². The summed E-state index contributed by atoms with van der Waals surface area (Å²) in [5.41, 5.74) is 1.69. The predicted molar refractivity (Wildman–Crippen MR) is 384 cm³/mol. The molecule has 2 aromatic carbocycles. The Kier molecular flexibility index (Phi) is 48.1. The number of nitrogens with zero attached hydrogens (tertiary/aromatic N) is 2. The van der Waals surface area contributed by atoms with E-state index in [2.05, 4.69) is 54.9 Å². The Bertz CT molecular complexity index is 2230. The molecule has 2 saturated heterocycles. The molecule has 0 spiro atoms. The van der Waals surface area contributed by atoms with E-state index in [1.54, 1.807) is 24.3 Å². The van der Waals surface area contributed by atoms with Crippen LogP contribution in [0.2, 0.25) is 0 Å². The average Bonchev–Trinajstić information content (AvgIpc) is 1.74. The number of benzene rings is 2. The van der Waals surface area contributed by atoms with Crippen LogP contribution in [0.25, 0.3) is 0 Å². The van der Waals surface area contributed by atoms with Gasteiger partial charge >= 0.3 is 29.8 Å². The van der Waals surface area contributed by atoms with Crippen LogP contribution >= 0.6 is 21.6 Å². The van der Waals surface area contributed by atoms with Gasteiger partial charge in [0, 0.05) is 43.9 Å². The number of carbonyl (C=O) groups excluding carboxylic acids is 5. The van der Waals surface area contributed by atoms with Gasteiger partial charge in [0.25, 0.3) is 0 Å². The summed E-state index contributed by atoms with van der Waals surface area (Å²) in [7, 11) is 3.97. The van der Waals surface area contributed by atoms with Gasteiger partial charge in [-0.1, -0.05) is 207 Å². The second-order valence-electron chi connectivity index (χ2n) is 26.3. The van der Waals surface area contributed by atoms with Crippen molar-refractivity contribution in [2.24, 2.45) is 11.8 Å². The van der Waals surface area contributed by atoms with E-state index in [9.17, 15) is 24.0 Å². The van der Waals surface area contributed by atoms with Crippen LogP contribution in [0.3, 0.4) is 0 Å². The molecule has 4 rings (SSSR count). The maximum Gasteiger partial charge on any atom is 0.311 e. The third kappa shape index (κ3) is 43.1. The molecule has 0 aliphatic carbocycles. The first kappa shape index (κ1) is 80.3. The van der Waals surface area contributed by atoms with Gasteiger partial charge in [-0.2, -0.15) is 0 Å². The minimum atomic E-state index is -0.255. The number of hydrogen-bond donors (Lipinski definition) is 0. The lowest BCUT2D eigenvalue weighted by molar-refractivity contribution is -0.150. The Morgan fingerprint density at radius 3 is 1.22 bits per heavy atom. The third-order valence-corrected chi connectivity index (χ3v) is 20.6. The number of hydrogen-bond acceptors (Lipinski definition) is 14. The van der Waals surface area contributed by atoms with E-state index in [-0.39, 0.29) is 48.8 Å². The smallest absolute Gasteiger partial charge is 0.311 e. The zero-order valence-corrected chi connectivity index (χ0v) is 59.6. The maximum absolute atomic E-state index is 12.8. The summed E-state index contributed by atoms with van der Waals surface area (Å²) in [4.78, 5) is 68.2. The molecule has 0 radical (unpaired) electrons. The number of ether oxygens (including phenoxy) is 5. The van der Waals surface area contributed by atoms with E-state index < -0.39 is 0 Å². The molecule has 0 N–H and O–H groups in total. The topological polar surface area (TPSA) is 138 Å². The molecule has 0 amide bonds. The Morgan fingerprint density at radius 1 is 0.435 bits per heavy atom. The van der Waals surface area contributed by atoms with E-state index in [1.807, 2.05) is 45.9 Å². The van der Waals surface area contributed by atoms with Crippen molar-refractivity contribution < 1.29 is 47.7 Å². The van der Waals surface area contributed by atoms with Crippen molar-refractivity contribution in [3.63, 3.8) is 0 Å². The number of rotatable bonds is 56. The van der Waals surface area contributed by atoms with E-state index in [1.165, 1.54) is 103 Å². The number of piperidine rings is 2. The maximum atomic E-state index is 12.8. The summed E-state index contributed by atoms with van der Waals surface area (Å²) in [6.07, 6.45) is 51.3. The molecule has 0 unspecified atom stereocenters. The van der Waals surface area contributed by atoms with Gasteiger partial charge < -0.3 is 33.5 Å². The number of carbonyl (C=O) groups is 5. The Hall–Kier alpha value is -4.11. The van der Waals surface area contributed by atoms with Crippen molar-refractivity contribution in [2.45, 2.75) is 290 Å². The van der Waals surface area contributed by atoms with Crippen molar-refractivity contribution >= 4 is 51.4 Å². The van der Waals surface area contributed by atoms with Crippen LogP contribution in [0.15, 0.2) is 72.8 Å². The summed E-state index contributed by atoms with van der Waals surface area (Å²) in [6, 6.07) is 14.4. The second kappa shape index (κ2) is 55.1. The fourth-order valence-electron chi connectivity index (χ4n) is 12.2. The first-order valence-electron chi connectivity index (χ1n) is 37.2. The minimum Gasteiger partial charge on any atom is -0.465 e. The molecular weight excluding hydrogens is 1190 g/mol. The normalized spacial score (nSPS) is 14.4. The summed E-state index contributed by atoms with van der Waals surface area (Å²) < 4.78 is 28.4. The molecule has 2 aliphatic heterocycles. The van der Waals surface area contributed by atoms with Gasteiger partial charge in [0.1, 0.15) is 17.6 Å². The SMILES string of the molecule is CCCCC/C=C\C/C=C\CCCCCCCC(=O)Oc1ccc(CC(=O)OCCC2CCN(CCSSCCN3CCC(CCOC(=O)Cc4ccc(OC(=O)CCCCCCCC(=O)OC(CCCCCCCC)CCCCCCCC)cc4)CC3)CC2)cc1. The van der Waals surface area contributed by atoms with Gasteiger partial charge in [0.15, 0.2) is 0 Å². The van der Waals surface area contributed by atoms with Gasteiger partial charge in [-0.25, -0.2) is 0 Å². The highest BCUT2D eigenvalue weighted by Gasteiger charge is 2.22. The summed E-state index contributed by atoms with van der Waals surface area (Å²) in [6.45, 7) is 14.3. The molecule has 2 aliphatic rings. The van der Waals surface area contributed by atoms with Crippen LogP contribution in [0.1, 0.15) is 282 Å². The molecule has 2 aromatic rings. The summed E-state index contributed by atoms with van der Waals surface area (Å²) >= 11 is 0. The van der Waals surface area contributed by atoms with Crippen LogP contribution < -0.4 is 9.47 Å². The summed E-state index contributed by atoms with van der Waals surface area (Å²) in [5.74, 6) is 3.45. The van der Waals surface area contributed by atoms with E-state index >= 15 is 0 Å². The van der Waals surface area contributed by atoms with Gasteiger partial charge in [-0.15, -0.1) is 0 Å². The lowest BCUT2D eigenvalue weighted by atomic mass is 9.94. The van der Waals surface area contributed by atoms with Gasteiger partial charge in [-0.05, 0) is 189 Å². The highest BCUT2D eigenvalue weighted by molar-refractivity contribution is 8.76. The number of allylic oxidation sites excluding steroid dienone is 4. The van der Waals surface area contributed by atoms with Crippen molar-refractivity contribution in [3.05, 3.63) is 84.0 Å². The van der Waals surface area contributed by atoms with Crippen LogP contribution in [0.5, 0.6) is 11.5 Å². The molecular formula is C78H126N2O10S2. The fourth-order valence-corrected chi connectivity index (χ4v) is 14.3. The van der Waals surface area contributed by atoms with Crippen LogP contribution in [0, 0.1) is 11.8 Å². The van der Waals surface area contributed by atoms with Crippen molar-refractivity contribution in [3.8, 4) is 11.5 Å². The van der Waals surface area contributed by atoms with Crippen LogP contribution in [-0.2, 0) is 51.0 Å². The highest BCUT2D eigenvalue weighted by Crippen LogP contribution is 2.27. The minimum absolute atomic E-state index is 0.0522. The molecule has 14 heteroatoms. The first-order chi connectivity index (χ1) is 45.1. The van der Waals surface area contributed by atoms with Crippen molar-refractivity contribution in [2.75, 3.05) is 64.0 Å². The largest absolute Gasteiger partial charge is 0.465 e. The van der Waals surface area contributed by atoms with E-state index in [0.29, 0.717) is 55.8 Å². The molecule has 520 valence electrons. The van der Waals surface area contributed by atoms with Crippen molar-refractivity contribution in [1.82, 2.24) is 9.80 Å². The molecule has 2 fully saturated rings. The number of likely N-dealkylation sites (tertiary alicyclic amines) is 2. The predicted octanol–water partition coefficient (Wildman–Crippen LogP) is 19.9. The van der Waals surface area contributed by atoms with Gasteiger partial charge in [-0.3, -0.25) is 24.0 Å². The number of unbranched alkanes of at least 4 members (excludes halogenated alkanes) is 22. The zero-order valence-electron chi connectivity index (χ0n) is 58.0. The van der Waals surface area contributed by atoms with Crippen LogP contribution in [-0.4, -0.2) is 110 Å². The lowest BCUT2D eigenvalue weighted by Gasteiger charge is -2.32. The van der Waals surface area contributed by atoms with E-state index in [0.717, 1.165) is 190 Å². The van der Waals surface area contributed by atoms with Gasteiger partial charge in [0.2, 0.25) is 0 Å². The zero-order chi connectivity index (χ0) is 65.6. The Morgan fingerprint density at radius 2 is 0.793 bits per heavy atom. The fraction of sp³-hybridized carbons (Fsp3) is 0.731. The molecule has 12 nitrogen and oxygen atoms in total. The first-order valence-corrected chi connectivity index (χ1v) is 39.7.